The zero-order valence-electron chi connectivity index (χ0n) is 16.8. The topological polar surface area (TPSA) is 46.5 Å². The molecule has 0 aromatic carbocycles. The molecule has 0 aromatic rings. The predicted molar refractivity (Wildman–Crippen MR) is 106 cm³/mol. The lowest BCUT2D eigenvalue weighted by molar-refractivity contribution is -0.220. The van der Waals surface area contributed by atoms with Gasteiger partial charge in [0.15, 0.2) is 11.5 Å². The van der Waals surface area contributed by atoms with E-state index in [1.807, 2.05) is 13.2 Å². The summed E-state index contributed by atoms with van der Waals surface area (Å²) in [4.78, 5) is 11.9. The number of halogens is 1. The Morgan fingerprint density at radius 1 is 1.30 bits per heavy atom. The number of rotatable bonds is 3. The van der Waals surface area contributed by atoms with Crippen molar-refractivity contribution >= 4 is 17.5 Å². The van der Waals surface area contributed by atoms with Gasteiger partial charge < -0.3 is 9.84 Å². The molecule has 1 N–H and O–H groups in total. The average molecular weight is 395 g/mol. The Labute approximate surface area is 165 Å². The first-order chi connectivity index (χ1) is 12.6. The SMILES string of the molecule is CSCO[C@]1(C)CC[C@H]2[C@@H]3CCC4=CC(=O)C=C[C@]4(C)[C@@]3(F)[C@@H](O)C[C@@]21C. The molecule has 3 nitrogen and oxygen atoms in total. The molecule has 0 radical (unpaired) electrons. The quantitative estimate of drug-likeness (QED) is 0.718. The van der Waals surface area contributed by atoms with Gasteiger partial charge in [-0.05, 0) is 70.3 Å². The van der Waals surface area contributed by atoms with Gasteiger partial charge in [-0.1, -0.05) is 18.6 Å². The molecule has 27 heavy (non-hydrogen) atoms. The second kappa shape index (κ2) is 6.17. The van der Waals surface area contributed by atoms with Gasteiger partial charge in [-0.3, -0.25) is 4.79 Å². The van der Waals surface area contributed by atoms with Gasteiger partial charge in [0.05, 0.1) is 17.6 Å². The maximum Gasteiger partial charge on any atom is 0.178 e. The smallest absolute Gasteiger partial charge is 0.178 e. The fourth-order valence-electron chi connectivity index (χ4n) is 6.84. The number of carbonyl (C=O) groups excluding carboxylic acids is 1. The van der Waals surface area contributed by atoms with E-state index in [2.05, 4.69) is 13.8 Å². The van der Waals surface area contributed by atoms with Crippen molar-refractivity contribution in [1.29, 1.82) is 0 Å². The van der Waals surface area contributed by atoms with Crippen molar-refractivity contribution in [3.05, 3.63) is 23.8 Å². The molecular weight excluding hydrogens is 363 g/mol. The van der Waals surface area contributed by atoms with E-state index in [1.54, 1.807) is 23.9 Å². The van der Waals surface area contributed by atoms with E-state index in [9.17, 15) is 9.90 Å². The third kappa shape index (κ3) is 2.37. The molecule has 0 saturated heterocycles. The highest BCUT2D eigenvalue weighted by Crippen LogP contribution is 2.70. The van der Waals surface area contributed by atoms with Crippen LogP contribution < -0.4 is 0 Å². The third-order valence-corrected chi connectivity index (χ3v) is 9.02. The van der Waals surface area contributed by atoms with E-state index in [4.69, 9.17) is 4.74 Å². The van der Waals surface area contributed by atoms with Crippen molar-refractivity contribution in [3.8, 4) is 0 Å². The number of thioether (sulfide) groups is 1. The van der Waals surface area contributed by atoms with Crippen LogP contribution >= 0.6 is 11.8 Å². The Balaban J connectivity index is 1.75. The van der Waals surface area contributed by atoms with Crippen molar-refractivity contribution in [3.63, 3.8) is 0 Å². The van der Waals surface area contributed by atoms with Gasteiger partial charge in [0.2, 0.25) is 0 Å². The second-order valence-corrected chi connectivity index (χ2v) is 10.4. The molecular formula is C22H31FO3S. The standard InChI is InChI=1S/C22H31FO3S/c1-19-9-7-15(24)11-14(19)5-6-17-16-8-10-21(3,26-13-27-4)20(16,2)12-18(25)22(17,19)23/h7,9,11,16-18,25H,5-6,8,10,12-13H2,1-4H3/t16-,17-,18-,19-,20-,21+,22-/m0/s1. The summed E-state index contributed by atoms with van der Waals surface area (Å²) in [6.07, 6.45) is 9.41. The number of alkyl halides is 1. The van der Waals surface area contributed by atoms with E-state index in [0.29, 0.717) is 18.8 Å². The fraction of sp³-hybridized carbons (Fsp3) is 0.773. The van der Waals surface area contributed by atoms with Gasteiger partial charge >= 0.3 is 0 Å². The first-order valence-corrected chi connectivity index (χ1v) is 11.5. The lowest BCUT2D eigenvalue weighted by atomic mass is 9.45. The Hall–Kier alpha value is -0.650. The number of hydrogen-bond acceptors (Lipinski definition) is 4. The summed E-state index contributed by atoms with van der Waals surface area (Å²) in [7, 11) is 0. The summed E-state index contributed by atoms with van der Waals surface area (Å²) >= 11 is 1.66. The maximum atomic E-state index is 16.9. The van der Waals surface area contributed by atoms with E-state index < -0.39 is 17.2 Å². The summed E-state index contributed by atoms with van der Waals surface area (Å²) in [6.45, 7) is 6.22. The van der Waals surface area contributed by atoms with Crippen molar-refractivity contribution in [2.24, 2.45) is 22.7 Å². The molecule has 0 spiro atoms. The van der Waals surface area contributed by atoms with E-state index in [1.165, 1.54) is 6.08 Å². The minimum atomic E-state index is -1.73. The largest absolute Gasteiger partial charge is 0.390 e. The number of ether oxygens (including phenoxy) is 1. The average Bonchev–Trinajstić information content (AvgIpc) is 2.87. The maximum absolute atomic E-state index is 16.9. The molecule has 0 bridgehead atoms. The van der Waals surface area contributed by atoms with Crippen molar-refractivity contribution in [1.82, 2.24) is 0 Å². The summed E-state index contributed by atoms with van der Waals surface area (Å²) in [5.41, 5.74) is -2.37. The second-order valence-electron chi connectivity index (χ2n) is 9.59. The molecule has 3 saturated carbocycles. The van der Waals surface area contributed by atoms with Crippen molar-refractivity contribution in [2.75, 3.05) is 12.2 Å². The van der Waals surface area contributed by atoms with Crippen LogP contribution in [-0.2, 0) is 9.53 Å². The Kier molecular flexibility index (Phi) is 4.49. The molecule has 7 atom stereocenters. The van der Waals surface area contributed by atoms with Gasteiger partial charge in [-0.15, -0.1) is 11.8 Å². The first kappa shape index (κ1) is 19.7. The number of fused-ring (bicyclic) bond motifs is 5. The van der Waals surface area contributed by atoms with Crippen LogP contribution in [0.25, 0.3) is 0 Å². The Bertz CT molecular complexity index is 720. The zero-order chi connectivity index (χ0) is 19.7. The van der Waals surface area contributed by atoms with Gasteiger partial charge in [0, 0.05) is 16.7 Å². The molecule has 0 heterocycles. The Morgan fingerprint density at radius 3 is 2.74 bits per heavy atom. The molecule has 3 fully saturated rings. The van der Waals surface area contributed by atoms with Crippen LogP contribution in [0.2, 0.25) is 0 Å². The van der Waals surface area contributed by atoms with Crippen LogP contribution in [0.4, 0.5) is 4.39 Å². The predicted octanol–water partition coefficient (Wildman–Crippen LogP) is 4.45. The number of aliphatic hydroxyl groups is 1. The van der Waals surface area contributed by atoms with Crippen LogP contribution in [0.5, 0.6) is 0 Å². The van der Waals surface area contributed by atoms with Crippen LogP contribution in [0.3, 0.4) is 0 Å². The molecule has 4 rings (SSSR count). The monoisotopic (exact) mass is 394 g/mol. The lowest BCUT2D eigenvalue weighted by Crippen LogP contribution is -2.68. The summed E-state index contributed by atoms with van der Waals surface area (Å²) in [5.74, 6) is 0.516. The Morgan fingerprint density at radius 2 is 2.04 bits per heavy atom. The van der Waals surface area contributed by atoms with E-state index in [-0.39, 0.29) is 28.6 Å². The van der Waals surface area contributed by atoms with Gasteiger partial charge in [0.1, 0.15) is 0 Å². The van der Waals surface area contributed by atoms with Crippen LogP contribution in [0, 0.1) is 22.7 Å². The molecule has 150 valence electrons. The fourth-order valence-corrected chi connectivity index (χ4v) is 7.22. The van der Waals surface area contributed by atoms with Crippen LogP contribution in [0.1, 0.15) is 52.9 Å². The van der Waals surface area contributed by atoms with Crippen LogP contribution in [-0.4, -0.2) is 40.5 Å². The number of carbonyl (C=O) groups is 1. The highest BCUT2D eigenvalue weighted by molar-refractivity contribution is 7.98. The summed E-state index contributed by atoms with van der Waals surface area (Å²) in [5, 5.41) is 11.2. The first-order valence-electron chi connectivity index (χ1n) is 10.1. The van der Waals surface area contributed by atoms with Crippen molar-refractivity contribution < 1.29 is 19.0 Å². The number of allylic oxidation sites excluding steroid dienone is 4. The molecule has 0 unspecified atom stereocenters. The van der Waals surface area contributed by atoms with E-state index in [0.717, 1.165) is 24.8 Å². The lowest BCUT2D eigenvalue weighted by Gasteiger charge is -2.63. The third-order valence-electron chi connectivity index (χ3n) is 8.67. The van der Waals surface area contributed by atoms with Gasteiger partial charge in [-0.25, -0.2) is 4.39 Å². The minimum Gasteiger partial charge on any atom is -0.390 e. The van der Waals surface area contributed by atoms with Gasteiger partial charge in [-0.2, -0.15) is 0 Å². The zero-order valence-corrected chi connectivity index (χ0v) is 17.6. The summed E-state index contributed by atoms with van der Waals surface area (Å²) < 4.78 is 23.2. The molecule has 0 aliphatic heterocycles. The molecule has 0 aromatic heterocycles. The minimum absolute atomic E-state index is 0.0708. The van der Waals surface area contributed by atoms with Crippen molar-refractivity contribution in [2.45, 2.75) is 70.2 Å². The number of hydrogen-bond donors (Lipinski definition) is 1. The highest BCUT2D eigenvalue weighted by atomic mass is 32.2. The molecule has 5 heteroatoms. The molecule has 4 aliphatic rings. The number of aliphatic hydroxyl groups excluding tert-OH is 1. The summed E-state index contributed by atoms with van der Waals surface area (Å²) in [6, 6.07) is 0. The molecule has 4 aliphatic carbocycles. The van der Waals surface area contributed by atoms with E-state index >= 15 is 4.39 Å². The highest BCUT2D eigenvalue weighted by Gasteiger charge is 2.72. The van der Waals surface area contributed by atoms with Crippen LogP contribution in [0.15, 0.2) is 23.8 Å². The molecule has 0 amide bonds. The van der Waals surface area contributed by atoms with Gasteiger partial charge in [0.25, 0.3) is 0 Å². The number of ketones is 1. The normalized spacial score (nSPS) is 51.4.